The van der Waals surface area contributed by atoms with E-state index in [9.17, 15) is 14.0 Å². The molecule has 6 nitrogen and oxygen atoms in total. The first kappa shape index (κ1) is 20.7. The summed E-state index contributed by atoms with van der Waals surface area (Å²) in [6, 6.07) is 10.6. The normalized spacial score (nSPS) is 11.4. The number of carbonyl (C=O) groups excluding carboxylic acids is 2. The quantitative estimate of drug-likeness (QED) is 0.660. The maximum absolute atomic E-state index is 13.1. The van der Waals surface area contributed by atoms with Crippen LogP contribution in [-0.4, -0.2) is 31.1 Å². The van der Waals surface area contributed by atoms with Crippen molar-refractivity contribution in [2.24, 2.45) is 0 Å². The van der Waals surface area contributed by atoms with Crippen molar-refractivity contribution in [3.8, 4) is 11.5 Å². The van der Waals surface area contributed by atoms with Crippen molar-refractivity contribution in [3.63, 3.8) is 0 Å². The van der Waals surface area contributed by atoms with Crippen LogP contribution in [0.2, 0.25) is 0 Å². The molecule has 2 aromatic carbocycles. The van der Waals surface area contributed by atoms with Crippen LogP contribution >= 0.6 is 15.9 Å². The molecule has 0 aromatic heterocycles. The maximum atomic E-state index is 13.1. The molecule has 27 heavy (non-hydrogen) atoms. The van der Waals surface area contributed by atoms with Gasteiger partial charge in [-0.1, -0.05) is 6.07 Å². The molecule has 2 rings (SSSR count). The Morgan fingerprint density at radius 3 is 2.70 bits per heavy atom. The number of benzene rings is 2. The molecule has 8 heteroatoms. The lowest BCUT2D eigenvalue weighted by Gasteiger charge is -2.16. The second kappa shape index (κ2) is 9.91. The van der Waals surface area contributed by atoms with Gasteiger partial charge in [0.05, 0.1) is 4.47 Å². The highest BCUT2D eigenvalue weighted by molar-refractivity contribution is 9.10. The van der Waals surface area contributed by atoms with Gasteiger partial charge in [-0.25, -0.2) is 4.39 Å². The Kier molecular flexibility index (Phi) is 7.60. The van der Waals surface area contributed by atoms with E-state index >= 15 is 0 Å². The van der Waals surface area contributed by atoms with E-state index in [0.717, 1.165) is 0 Å². The zero-order valence-corrected chi connectivity index (χ0v) is 16.5. The first-order chi connectivity index (χ1) is 12.9. The third kappa shape index (κ3) is 6.56. The second-order valence-electron chi connectivity index (χ2n) is 5.59. The molecule has 0 aliphatic heterocycles. The fraction of sp³-hybridized carbons (Fsp3) is 0.263. The number of carbonyl (C=O) groups is 2. The average molecular weight is 439 g/mol. The highest BCUT2D eigenvalue weighted by Crippen LogP contribution is 2.26. The van der Waals surface area contributed by atoms with Crippen LogP contribution in [0.4, 0.5) is 10.1 Å². The van der Waals surface area contributed by atoms with Gasteiger partial charge in [-0.05, 0) is 60.1 Å². The second-order valence-corrected chi connectivity index (χ2v) is 6.45. The molecule has 0 radical (unpaired) electrons. The molecule has 0 saturated carbocycles. The highest BCUT2D eigenvalue weighted by Gasteiger charge is 2.17. The predicted octanol–water partition coefficient (Wildman–Crippen LogP) is 3.51. The van der Waals surface area contributed by atoms with Crippen LogP contribution in [0.3, 0.4) is 0 Å². The van der Waals surface area contributed by atoms with Crippen molar-refractivity contribution in [2.75, 3.05) is 18.5 Å². The van der Waals surface area contributed by atoms with Gasteiger partial charge in [-0.15, -0.1) is 0 Å². The Morgan fingerprint density at radius 1 is 1.22 bits per heavy atom. The minimum absolute atomic E-state index is 0.108. The lowest BCUT2D eigenvalue weighted by atomic mass is 10.2. The smallest absolute Gasteiger partial charge is 0.265 e. The van der Waals surface area contributed by atoms with Crippen LogP contribution in [0.25, 0.3) is 0 Å². The Hall–Kier alpha value is -2.61. The van der Waals surface area contributed by atoms with Gasteiger partial charge in [-0.3, -0.25) is 9.59 Å². The van der Waals surface area contributed by atoms with Crippen LogP contribution in [0.15, 0.2) is 46.9 Å². The molecule has 1 unspecified atom stereocenters. The number of ether oxygens (including phenoxy) is 2. The molecule has 0 aliphatic rings. The Bertz CT molecular complexity index is 816. The van der Waals surface area contributed by atoms with Gasteiger partial charge in [0.2, 0.25) is 0 Å². The Labute approximate surface area is 165 Å². The van der Waals surface area contributed by atoms with Crippen LogP contribution in [0, 0.1) is 5.82 Å². The number of likely N-dealkylation sites (N-methyl/N-ethyl adjacent to an activating group) is 1. The summed E-state index contributed by atoms with van der Waals surface area (Å²) in [6.45, 7) is 3.83. The zero-order valence-electron chi connectivity index (χ0n) is 14.9. The molecule has 2 aromatic rings. The molecule has 1 atom stereocenters. The fourth-order valence-corrected chi connectivity index (χ4v) is 2.56. The van der Waals surface area contributed by atoms with E-state index in [4.69, 9.17) is 9.47 Å². The van der Waals surface area contributed by atoms with Crippen molar-refractivity contribution in [1.82, 2.24) is 5.32 Å². The van der Waals surface area contributed by atoms with Gasteiger partial charge in [-0.2, -0.15) is 0 Å². The molecule has 2 amide bonds. The van der Waals surface area contributed by atoms with Crippen LogP contribution in [0.5, 0.6) is 11.5 Å². The fourth-order valence-electron chi connectivity index (χ4n) is 2.12. The van der Waals surface area contributed by atoms with Crippen molar-refractivity contribution in [3.05, 3.63) is 52.8 Å². The summed E-state index contributed by atoms with van der Waals surface area (Å²) in [5, 5.41) is 5.34. The molecule has 144 valence electrons. The van der Waals surface area contributed by atoms with Crippen molar-refractivity contribution in [1.29, 1.82) is 0 Å². The number of anilines is 1. The van der Waals surface area contributed by atoms with Crippen LogP contribution < -0.4 is 20.1 Å². The Balaban J connectivity index is 1.94. The first-order valence-corrected chi connectivity index (χ1v) is 9.10. The molecule has 0 saturated heterocycles. The summed E-state index contributed by atoms with van der Waals surface area (Å²) in [5.74, 6) is -0.200. The van der Waals surface area contributed by atoms with Gasteiger partial charge >= 0.3 is 0 Å². The lowest BCUT2D eigenvalue weighted by Crippen LogP contribution is -2.30. The van der Waals surface area contributed by atoms with Gasteiger partial charge < -0.3 is 20.1 Å². The van der Waals surface area contributed by atoms with Crippen LogP contribution in [0.1, 0.15) is 13.8 Å². The van der Waals surface area contributed by atoms with Crippen molar-refractivity contribution >= 4 is 33.4 Å². The summed E-state index contributed by atoms with van der Waals surface area (Å²) in [5.41, 5.74) is 0.502. The molecule has 0 fully saturated rings. The maximum Gasteiger partial charge on any atom is 0.265 e. The van der Waals surface area contributed by atoms with E-state index in [2.05, 4.69) is 26.6 Å². The third-order valence-electron chi connectivity index (χ3n) is 3.41. The monoisotopic (exact) mass is 438 g/mol. The van der Waals surface area contributed by atoms with Gasteiger partial charge in [0.15, 0.2) is 12.7 Å². The summed E-state index contributed by atoms with van der Waals surface area (Å²) in [6.07, 6.45) is -0.813. The van der Waals surface area contributed by atoms with E-state index in [-0.39, 0.29) is 18.4 Å². The third-order valence-corrected chi connectivity index (χ3v) is 4.03. The molecule has 0 heterocycles. The molecule has 0 aliphatic carbocycles. The standard InChI is InChI=1S/C19H20BrFN2O4/c1-3-22-18(24)11-26-15-6-4-5-14(10-15)23-19(25)12(2)27-17-8-7-13(21)9-16(17)20/h4-10,12H,3,11H2,1-2H3,(H,22,24)(H,23,25). The van der Waals surface area contributed by atoms with E-state index < -0.39 is 11.9 Å². The summed E-state index contributed by atoms with van der Waals surface area (Å²) in [7, 11) is 0. The summed E-state index contributed by atoms with van der Waals surface area (Å²) >= 11 is 3.20. The summed E-state index contributed by atoms with van der Waals surface area (Å²) < 4.78 is 24.5. The lowest BCUT2D eigenvalue weighted by molar-refractivity contribution is -0.123. The number of amides is 2. The first-order valence-electron chi connectivity index (χ1n) is 8.31. The van der Waals surface area contributed by atoms with Gasteiger partial charge in [0.25, 0.3) is 11.8 Å². The number of nitrogens with one attached hydrogen (secondary N) is 2. The van der Waals surface area contributed by atoms with Gasteiger partial charge in [0, 0.05) is 18.3 Å². The van der Waals surface area contributed by atoms with Gasteiger partial charge in [0.1, 0.15) is 17.3 Å². The van der Waals surface area contributed by atoms with E-state index in [1.807, 2.05) is 6.92 Å². The van der Waals surface area contributed by atoms with E-state index in [1.165, 1.54) is 18.2 Å². The predicted molar refractivity (Wildman–Crippen MR) is 103 cm³/mol. The molecular formula is C19H20BrFN2O4. The summed E-state index contributed by atoms with van der Waals surface area (Å²) in [4.78, 5) is 23.8. The van der Waals surface area contributed by atoms with E-state index in [1.54, 1.807) is 31.2 Å². The minimum Gasteiger partial charge on any atom is -0.484 e. The number of hydrogen-bond donors (Lipinski definition) is 2. The number of rotatable bonds is 8. The molecule has 0 spiro atoms. The molecule has 2 N–H and O–H groups in total. The Morgan fingerprint density at radius 2 is 2.00 bits per heavy atom. The van der Waals surface area contributed by atoms with Crippen molar-refractivity contribution in [2.45, 2.75) is 20.0 Å². The highest BCUT2D eigenvalue weighted by atomic mass is 79.9. The van der Waals surface area contributed by atoms with Crippen LogP contribution in [-0.2, 0) is 9.59 Å². The van der Waals surface area contributed by atoms with Crippen molar-refractivity contribution < 1.29 is 23.5 Å². The molecular weight excluding hydrogens is 419 g/mol. The SMILES string of the molecule is CCNC(=O)COc1cccc(NC(=O)C(C)Oc2ccc(F)cc2Br)c1. The van der Waals surface area contributed by atoms with E-state index in [0.29, 0.717) is 28.2 Å². The number of hydrogen-bond acceptors (Lipinski definition) is 4. The number of halogens is 2. The topological polar surface area (TPSA) is 76.7 Å². The molecule has 0 bridgehead atoms. The minimum atomic E-state index is -0.813. The average Bonchev–Trinajstić information content (AvgIpc) is 2.63. The zero-order chi connectivity index (χ0) is 19.8. The largest absolute Gasteiger partial charge is 0.484 e.